The van der Waals surface area contributed by atoms with Gasteiger partial charge in [0, 0.05) is 55.2 Å². The summed E-state index contributed by atoms with van der Waals surface area (Å²) in [7, 11) is 0. The molecule has 35 heavy (non-hydrogen) atoms. The minimum absolute atomic E-state index is 0.182. The molecule has 0 aliphatic carbocycles. The van der Waals surface area contributed by atoms with Crippen molar-refractivity contribution in [3.05, 3.63) is 61.9 Å². The molecule has 0 radical (unpaired) electrons. The number of amides is 2. The van der Waals surface area contributed by atoms with Crippen LogP contribution < -0.4 is 5.32 Å². The van der Waals surface area contributed by atoms with E-state index < -0.39 is 4.92 Å². The summed E-state index contributed by atoms with van der Waals surface area (Å²) in [6.45, 7) is 2.08. The molecule has 1 aromatic carbocycles. The number of nitrogens with one attached hydrogen (secondary N) is 1. The zero-order chi connectivity index (χ0) is 24.9. The van der Waals surface area contributed by atoms with Crippen molar-refractivity contribution in [2.75, 3.05) is 31.5 Å². The number of hydrogen-bond acceptors (Lipinski definition) is 7. The lowest BCUT2D eigenvalue weighted by Crippen LogP contribution is -2.45. The van der Waals surface area contributed by atoms with Crippen molar-refractivity contribution in [3.8, 4) is 6.07 Å². The molecule has 1 N–H and O–H groups in total. The fourth-order valence-electron chi connectivity index (χ4n) is 4.61. The van der Waals surface area contributed by atoms with Crippen LogP contribution in [0.2, 0.25) is 0 Å². The molecule has 3 heterocycles. The molecule has 182 valence electrons. The molecule has 11 heteroatoms. The van der Waals surface area contributed by atoms with Gasteiger partial charge in [-0.05, 0) is 44.2 Å². The van der Waals surface area contributed by atoms with Crippen molar-refractivity contribution >= 4 is 39.1 Å². The van der Waals surface area contributed by atoms with Crippen LogP contribution in [0.4, 0.5) is 11.4 Å². The van der Waals surface area contributed by atoms with Crippen LogP contribution in [0, 0.1) is 21.4 Å². The number of benzene rings is 1. The van der Waals surface area contributed by atoms with Crippen LogP contribution in [0.3, 0.4) is 0 Å². The van der Waals surface area contributed by atoms with Crippen LogP contribution in [0.1, 0.15) is 58.4 Å². The van der Waals surface area contributed by atoms with Crippen LogP contribution in [0.25, 0.3) is 0 Å². The lowest BCUT2D eigenvalue weighted by atomic mass is 10.0. The van der Waals surface area contributed by atoms with E-state index in [1.807, 2.05) is 6.07 Å². The van der Waals surface area contributed by atoms with Crippen molar-refractivity contribution < 1.29 is 14.5 Å². The highest BCUT2D eigenvalue weighted by atomic mass is 79.9. The van der Waals surface area contributed by atoms with Gasteiger partial charge in [0.05, 0.1) is 21.6 Å². The summed E-state index contributed by atoms with van der Waals surface area (Å²) in [5, 5.41) is 24.2. The molecule has 2 aromatic rings. The summed E-state index contributed by atoms with van der Waals surface area (Å²) in [6, 6.07) is 6.21. The molecule has 1 atom stereocenters. The number of carbonyl (C=O) groups is 2. The fourth-order valence-corrected chi connectivity index (χ4v) is 5.05. The number of likely N-dealkylation sites (tertiary alicyclic amines) is 2. The zero-order valence-corrected chi connectivity index (χ0v) is 20.7. The number of halogens is 1. The van der Waals surface area contributed by atoms with Gasteiger partial charge in [-0.3, -0.25) is 24.7 Å². The second-order valence-electron chi connectivity index (χ2n) is 8.77. The van der Waals surface area contributed by atoms with Crippen molar-refractivity contribution in [1.29, 1.82) is 5.26 Å². The van der Waals surface area contributed by atoms with E-state index in [4.69, 9.17) is 5.26 Å². The number of nitrogens with zero attached hydrogens (tertiary/aromatic N) is 5. The van der Waals surface area contributed by atoms with Crippen LogP contribution in [0.15, 0.2) is 35.1 Å². The number of piperidine rings is 2. The first-order valence-electron chi connectivity index (χ1n) is 11.6. The van der Waals surface area contributed by atoms with Gasteiger partial charge < -0.3 is 15.1 Å². The standard InChI is InChI=1S/C24H25BrN6O4/c25-18-10-20(24(33)29-6-2-1-3-7-29)22(21(11-18)31(34)35)28-19-5-4-8-30(15-19)23(32)17-9-16(12-26)13-27-14-17/h9-11,13-14,19,28H,1-8,15H2/t19-/m1/s1. The first-order valence-corrected chi connectivity index (χ1v) is 12.3. The number of anilines is 1. The Balaban J connectivity index is 1.59. The Labute approximate surface area is 211 Å². The number of hydrogen-bond donors (Lipinski definition) is 1. The topological polar surface area (TPSA) is 132 Å². The first-order chi connectivity index (χ1) is 16.9. The van der Waals surface area contributed by atoms with E-state index in [1.54, 1.807) is 15.9 Å². The van der Waals surface area contributed by atoms with Gasteiger partial charge >= 0.3 is 0 Å². The monoisotopic (exact) mass is 540 g/mol. The molecule has 0 saturated carbocycles. The Morgan fingerprint density at radius 2 is 1.83 bits per heavy atom. The van der Waals surface area contributed by atoms with E-state index in [0.717, 1.165) is 19.3 Å². The molecule has 10 nitrogen and oxygen atoms in total. The lowest BCUT2D eigenvalue weighted by Gasteiger charge is -2.34. The fraction of sp³-hybridized carbons (Fsp3) is 0.417. The average Bonchev–Trinajstić information content (AvgIpc) is 2.89. The van der Waals surface area contributed by atoms with Crippen LogP contribution in [-0.2, 0) is 0 Å². The maximum atomic E-state index is 13.4. The SMILES string of the molecule is N#Cc1cncc(C(=O)N2CCC[C@@H](Nc3c(C(=O)N4CCCCC4)cc(Br)cc3[N+](=O)[O-])C2)c1. The summed E-state index contributed by atoms with van der Waals surface area (Å²) in [5.41, 5.74) is 0.867. The highest BCUT2D eigenvalue weighted by Crippen LogP contribution is 2.35. The Morgan fingerprint density at radius 1 is 1.09 bits per heavy atom. The number of nitro groups is 1. The van der Waals surface area contributed by atoms with Crippen LogP contribution in [0.5, 0.6) is 0 Å². The molecule has 2 aliphatic heterocycles. The van der Waals surface area contributed by atoms with Gasteiger partial charge in [-0.1, -0.05) is 15.9 Å². The maximum absolute atomic E-state index is 13.4. The lowest BCUT2D eigenvalue weighted by molar-refractivity contribution is -0.384. The molecule has 4 rings (SSSR count). The minimum Gasteiger partial charge on any atom is -0.374 e. The largest absolute Gasteiger partial charge is 0.374 e. The van der Waals surface area contributed by atoms with Crippen LogP contribution >= 0.6 is 15.9 Å². The molecular formula is C24H25BrN6O4. The third-order valence-electron chi connectivity index (χ3n) is 6.32. The summed E-state index contributed by atoms with van der Waals surface area (Å²) in [5.74, 6) is -0.490. The van der Waals surface area contributed by atoms with Crippen molar-refractivity contribution in [2.24, 2.45) is 0 Å². The number of rotatable bonds is 5. The van der Waals surface area contributed by atoms with Gasteiger partial charge in [0.25, 0.3) is 17.5 Å². The Morgan fingerprint density at radius 3 is 2.54 bits per heavy atom. The van der Waals surface area contributed by atoms with Gasteiger partial charge in [0.1, 0.15) is 11.8 Å². The highest BCUT2D eigenvalue weighted by Gasteiger charge is 2.31. The zero-order valence-electron chi connectivity index (χ0n) is 19.1. The Hall–Kier alpha value is -3.52. The summed E-state index contributed by atoms with van der Waals surface area (Å²) >= 11 is 3.31. The second-order valence-corrected chi connectivity index (χ2v) is 9.68. The predicted octanol–water partition coefficient (Wildman–Crippen LogP) is 3.97. The summed E-state index contributed by atoms with van der Waals surface area (Å²) < 4.78 is 0.459. The molecule has 2 amide bonds. The van der Waals surface area contributed by atoms with E-state index in [-0.39, 0.29) is 34.8 Å². The predicted molar refractivity (Wildman–Crippen MR) is 132 cm³/mol. The maximum Gasteiger partial charge on any atom is 0.294 e. The van der Waals surface area contributed by atoms with Gasteiger partial charge in [-0.2, -0.15) is 5.26 Å². The van der Waals surface area contributed by atoms with Gasteiger partial charge in [0.15, 0.2) is 0 Å². The molecule has 2 saturated heterocycles. The Kier molecular flexibility index (Phi) is 7.60. The molecule has 2 fully saturated rings. The molecule has 0 unspecified atom stereocenters. The molecule has 0 bridgehead atoms. The third-order valence-corrected chi connectivity index (χ3v) is 6.78. The number of aromatic nitrogens is 1. The minimum atomic E-state index is -0.495. The number of nitriles is 1. The number of nitro benzene ring substituents is 1. The van der Waals surface area contributed by atoms with E-state index in [1.165, 1.54) is 24.5 Å². The normalized spacial score (nSPS) is 18.0. The van der Waals surface area contributed by atoms with Crippen molar-refractivity contribution in [1.82, 2.24) is 14.8 Å². The van der Waals surface area contributed by atoms with E-state index in [9.17, 15) is 19.7 Å². The first kappa shape index (κ1) is 24.6. The third kappa shape index (κ3) is 5.59. The van der Waals surface area contributed by atoms with E-state index in [2.05, 4.69) is 26.2 Å². The highest BCUT2D eigenvalue weighted by molar-refractivity contribution is 9.10. The van der Waals surface area contributed by atoms with E-state index in [0.29, 0.717) is 54.6 Å². The quantitative estimate of drug-likeness (QED) is 0.448. The smallest absolute Gasteiger partial charge is 0.294 e. The molecular weight excluding hydrogens is 516 g/mol. The summed E-state index contributed by atoms with van der Waals surface area (Å²) in [6.07, 6.45) is 7.07. The molecule has 0 spiro atoms. The van der Waals surface area contributed by atoms with Crippen LogP contribution in [-0.4, -0.2) is 63.7 Å². The molecule has 2 aliphatic rings. The molecule has 1 aromatic heterocycles. The van der Waals surface area contributed by atoms with Gasteiger partial charge in [-0.15, -0.1) is 0 Å². The van der Waals surface area contributed by atoms with E-state index >= 15 is 0 Å². The second kappa shape index (κ2) is 10.8. The van der Waals surface area contributed by atoms with Crippen molar-refractivity contribution in [2.45, 2.75) is 38.1 Å². The number of pyridine rings is 1. The summed E-state index contributed by atoms with van der Waals surface area (Å²) in [4.78, 5) is 45.2. The Bertz CT molecular complexity index is 1190. The van der Waals surface area contributed by atoms with Gasteiger partial charge in [-0.25, -0.2) is 0 Å². The number of carbonyl (C=O) groups excluding carboxylic acids is 2. The van der Waals surface area contributed by atoms with Crippen molar-refractivity contribution in [3.63, 3.8) is 0 Å². The average molecular weight is 541 g/mol. The van der Waals surface area contributed by atoms with Gasteiger partial charge in [0.2, 0.25) is 0 Å².